The smallest absolute Gasteiger partial charge is 0.253 e. The van der Waals surface area contributed by atoms with Crippen molar-refractivity contribution in [2.45, 2.75) is 32.7 Å². The summed E-state index contributed by atoms with van der Waals surface area (Å²) < 4.78 is 13.1. The molecule has 0 saturated carbocycles. The van der Waals surface area contributed by atoms with Crippen LogP contribution < -0.4 is 9.47 Å². The molecule has 0 bridgehead atoms. The van der Waals surface area contributed by atoms with Gasteiger partial charge in [0, 0.05) is 36.1 Å². The minimum atomic E-state index is 0.0766. The Kier molecular flexibility index (Phi) is 3.71. The fourth-order valence-corrected chi connectivity index (χ4v) is 3.80. The van der Waals surface area contributed by atoms with Crippen LogP contribution in [0.1, 0.15) is 40.6 Å². The summed E-state index contributed by atoms with van der Waals surface area (Å²) in [7, 11) is 0. The number of carbonyl (C=O) groups excluding carboxylic acids is 1. The van der Waals surface area contributed by atoms with Gasteiger partial charge in [-0.3, -0.25) is 4.79 Å². The Hall–Kier alpha value is -2.43. The second kappa shape index (κ2) is 5.89. The van der Waals surface area contributed by atoms with Gasteiger partial charge in [-0.25, -0.2) is 0 Å². The van der Waals surface area contributed by atoms with Crippen LogP contribution in [0.5, 0.6) is 11.5 Å². The molecule has 5 heteroatoms. The lowest BCUT2D eigenvalue weighted by Gasteiger charge is -2.34. The summed E-state index contributed by atoms with van der Waals surface area (Å²) in [6.07, 6.45) is 1.99. The van der Waals surface area contributed by atoms with E-state index >= 15 is 0 Å². The van der Waals surface area contributed by atoms with Crippen molar-refractivity contribution in [3.05, 3.63) is 47.3 Å². The maximum Gasteiger partial charge on any atom is 0.253 e. The number of hydrogen-bond acceptors (Lipinski definition) is 3. The molecule has 2 aliphatic rings. The van der Waals surface area contributed by atoms with Crippen molar-refractivity contribution >= 4 is 5.91 Å². The van der Waals surface area contributed by atoms with Gasteiger partial charge in [0.1, 0.15) is 0 Å². The number of aromatic nitrogens is 1. The number of nitrogens with zero attached hydrogens (tertiary/aromatic N) is 2. The summed E-state index contributed by atoms with van der Waals surface area (Å²) in [5.74, 6) is 1.45. The fourth-order valence-electron chi connectivity index (χ4n) is 3.80. The van der Waals surface area contributed by atoms with Gasteiger partial charge in [0.05, 0.1) is 0 Å². The molecule has 1 fully saturated rings. The summed E-state index contributed by atoms with van der Waals surface area (Å²) in [5, 5.41) is 0. The van der Waals surface area contributed by atoms with Gasteiger partial charge in [0.15, 0.2) is 11.5 Å². The molecule has 0 radical (unpaired) electrons. The number of amides is 1. The average molecular weight is 326 g/mol. The van der Waals surface area contributed by atoms with Gasteiger partial charge in [-0.05, 0) is 57.0 Å². The molecule has 0 N–H and O–H groups in total. The normalized spacial score (nSPS) is 17.3. The van der Waals surface area contributed by atoms with E-state index in [1.165, 1.54) is 11.4 Å². The second-order valence-corrected chi connectivity index (χ2v) is 6.58. The number of aryl methyl sites for hydroxylation is 2. The Labute approximate surface area is 141 Å². The first-order valence-corrected chi connectivity index (χ1v) is 8.47. The van der Waals surface area contributed by atoms with Crippen LogP contribution in [-0.2, 0) is 0 Å². The second-order valence-electron chi connectivity index (χ2n) is 6.58. The van der Waals surface area contributed by atoms with Crippen molar-refractivity contribution < 1.29 is 14.3 Å². The van der Waals surface area contributed by atoms with Gasteiger partial charge in [-0.15, -0.1) is 0 Å². The van der Waals surface area contributed by atoms with E-state index in [0.717, 1.165) is 25.9 Å². The summed E-state index contributed by atoms with van der Waals surface area (Å²) in [6.45, 7) is 6.10. The quantitative estimate of drug-likeness (QED) is 0.850. The molecule has 0 atom stereocenters. The van der Waals surface area contributed by atoms with Crippen molar-refractivity contribution in [1.82, 2.24) is 9.47 Å². The molecule has 1 aromatic heterocycles. The van der Waals surface area contributed by atoms with Gasteiger partial charge in [0.2, 0.25) is 6.79 Å². The van der Waals surface area contributed by atoms with E-state index in [9.17, 15) is 4.79 Å². The Morgan fingerprint density at radius 1 is 1.00 bits per heavy atom. The minimum absolute atomic E-state index is 0.0766. The number of ether oxygens (including phenoxy) is 2. The molecule has 1 amide bonds. The molecule has 126 valence electrons. The van der Waals surface area contributed by atoms with Crippen molar-refractivity contribution in [1.29, 1.82) is 0 Å². The topological polar surface area (TPSA) is 43.7 Å². The summed E-state index contributed by atoms with van der Waals surface area (Å²) in [5.41, 5.74) is 3.27. The third-order valence-corrected chi connectivity index (χ3v) is 5.06. The predicted molar refractivity (Wildman–Crippen MR) is 90.6 cm³/mol. The molecule has 4 rings (SSSR count). The number of rotatable bonds is 2. The van der Waals surface area contributed by atoms with E-state index in [2.05, 4.69) is 30.5 Å². The molecule has 1 aromatic carbocycles. The van der Waals surface area contributed by atoms with Crippen LogP contribution in [0.2, 0.25) is 0 Å². The highest BCUT2D eigenvalue weighted by molar-refractivity contribution is 5.95. The van der Waals surface area contributed by atoms with E-state index in [4.69, 9.17) is 9.47 Å². The molecule has 0 aliphatic carbocycles. The van der Waals surface area contributed by atoms with Gasteiger partial charge in [0.25, 0.3) is 5.91 Å². The molecule has 0 unspecified atom stereocenters. The number of fused-ring (bicyclic) bond motifs is 1. The largest absolute Gasteiger partial charge is 0.454 e. The Balaban J connectivity index is 1.45. The van der Waals surface area contributed by atoms with Crippen molar-refractivity contribution in [2.24, 2.45) is 0 Å². The predicted octanol–water partition coefficient (Wildman–Crippen LogP) is 3.31. The number of piperidine rings is 1. The van der Waals surface area contributed by atoms with Crippen molar-refractivity contribution in [3.63, 3.8) is 0 Å². The third kappa shape index (κ3) is 2.54. The highest BCUT2D eigenvalue weighted by atomic mass is 16.7. The van der Waals surface area contributed by atoms with Crippen LogP contribution >= 0.6 is 0 Å². The van der Waals surface area contributed by atoms with Crippen LogP contribution in [0.15, 0.2) is 30.3 Å². The third-order valence-electron chi connectivity index (χ3n) is 5.06. The Bertz CT molecular complexity index is 753. The summed E-state index contributed by atoms with van der Waals surface area (Å²) >= 11 is 0. The van der Waals surface area contributed by atoms with E-state index < -0.39 is 0 Å². The van der Waals surface area contributed by atoms with E-state index in [-0.39, 0.29) is 12.7 Å². The van der Waals surface area contributed by atoms with E-state index in [0.29, 0.717) is 23.1 Å². The van der Waals surface area contributed by atoms with Crippen molar-refractivity contribution in [2.75, 3.05) is 19.9 Å². The van der Waals surface area contributed by atoms with Crippen LogP contribution in [0.4, 0.5) is 0 Å². The van der Waals surface area contributed by atoms with Gasteiger partial charge < -0.3 is 18.9 Å². The molecule has 3 heterocycles. The Morgan fingerprint density at radius 2 is 1.67 bits per heavy atom. The molecule has 1 saturated heterocycles. The average Bonchev–Trinajstić information content (AvgIpc) is 3.20. The van der Waals surface area contributed by atoms with E-state index in [1.807, 2.05) is 17.0 Å². The zero-order chi connectivity index (χ0) is 16.7. The van der Waals surface area contributed by atoms with Gasteiger partial charge in [-0.2, -0.15) is 0 Å². The summed E-state index contributed by atoms with van der Waals surface area (Å²) in [6, 6.07) is 10.2. The zero-order valence-corrected chi connectivity index (χ0v) is 14.1. The first kappa shape index (κ1) is 15.1. The van der Waals surface area contributed by atoms with Gasteiger partial charge >= 0.3 is 0 Å². The van der Waals surface area contributed by atoms with Crippen molar-refractivity contribution in [3.8, 4) is 11.5 Å². The maximum absolute atomic E-state index is 12.7. The number of hydrogen-bond donors (Lipinski definition) is 0. The minimum Gasteiger partial charge on any atom is -0.454 e. The highest BCUT2D eigenvalue weighted by Crippen LogP contribution is 2.33. The highest BCUT2D eigenvalue weighted by Gasteiger charge is 2.26. The molecule has 2 aromatic rings. The number of likely N-dealkylation sites (tertiary alicyclic amines) is 1. The van der Waals surface area contributed by atoms with E-state index in [1.54, 1.807) is 6.07 Å². The number of benzene rings is 1. The van der Waals surface area contributed by atoms with Crippen LogP contribution in [0.3, 0.4) is 0 Å². The molecular weight excluding hydrogens is 304 g/mol. The lowest BCUT2D eigenvalue weighted by Crippen LogP contribution is -2.39. The van der Waals surface area contributed by atoms with Gasteiger partial charge in [-0.1, -0.05) is 0 Å². The first-order chi connectivity index (χ1) is 11.6. The van der Waals surface area contributed by atoms with Crippen LogP contribution in [0, 0.1) is 13.8 Å². The zero-order valence-electron chi connectivity index (χ0n) is 14.1. The lowest BCUT2D eigenvalue weighted by molar-refractivity contribution is 0.0693. The van der Waals surface area contributed by atoms with Crippen LogP contribution in [-0.4, -0.2) is 35.3 Å². The molecular formula is C19H22N2O3. The SMILES string of the molecule is Cc1ccc(C)n1C1CCN(C(=O)c2ccc3c(c2)OCO3)CC1. The lowest BCUT2D eigenvalue weighted by atomic mass is 10.0. The Morgan fingerprint density at radius 3 is 2.38 bits per heavy atom. The summed E-state index contributed by atoms with van der Waals surface area (Å²) in [4.78, 5) is 14.7. The fraction of sp³-hybridized carbons (Fsp3) is 0.421. The first-order valence-electron chi connectivity index (χ1n) is 8.47. The standard InChI is InChI=1S/C19H22N2O3/c1-13-3-4-14(2)21(13)16-7-9-20(10-8-16)19(22)15-5-6-17-18(11-15)24-12-23-17/h3-6,11,16H,7-10,12H2,1-2H3. The molecule has 5 nitrogen and oxygen atoms in total. The maximum atomic E-state index is 12.7. The molecule has 24 heavy (non-hydrogen) atoms. The monoisotopic (exact) mass is 326 g/mol. The van der Waals surface area contributed by atoms with Crippen LogP contribution in [0.25, 0.3) is 0 Å². The molecule has 0 spiro atoms. The number of carbonyl (C=O) groups is 1. The molecule has 2 aliphatic heterocycles.